The summed E-state index contributed by atoms with van der Waals surface area (Å²) in [6.45, 7) is 6.79. The van der Waals surface area contributed by atoms with Gasteiger partial charge in [-0.15, -0.1) is 0 Å². The van der Waals surface area contributed by atoms with E-state index in [1.165, 1.54) is 0 Å². The number of piperidine rings is 1. The Labute approximate surface area is 131 Å². The number of ether oxygens (including phenoxy) is 1. The van der Waals surface area contributed by atoms with Crippen molar-refractivity contribution in [3.05, 3.63) is 35.9 Å². The summed E-state index contributed by atoms with van der Waals surface area (Å²) in [6, 6.07) is 9.28. The van der Waals surface area contributed by atoms with Crippen LogP contribution in [0.25, 0.3) is 0 Å². The van der Waals surface area contributed by atoms with Crippen molar-refractivity contribution in [2.45, 2.75) is 45.3 Å². The van der Waals surface area contributed by atoms with Gasteiger partial charge in [-0.1, -0.05) is 18.2 Å². The Hall–Kier alpha value is -2.04. The molecule has 0 aliphatic carbocycles. The van der Waals surface area contributed by atoms with E-state index in [2.05, 4.69) is 5.32 Å². The van der Waals surface area contributed by atoms with Crippen LogP contribution in [0, 0.1) is 0 Å². The fourth-order valence-corrected chi connectivity index (χ4v) is 2.39. The van der Waals surface area contributed by atoms with Gasteiger partial charge in [0.2, 0.25) is 0 Å². The summed E-state index contributed by atoms with van der Waals surface area (Å²) in [5.41, 5.74) is 0.187. The van der Waals surface area contributed by atoms with Crippen molar-refractivity contribution < 1.29 is 14.3 Å². The predicted molar refractivity (Wildman–Crippen MR) is 84.7 cm³/mol. The lowest BCUT2D eigenvalue weighted by atomic mass is 10.0. The topological polar surface area (TPSA) is 58.6 Å². The van der Waals surface area contributed by atoms with Gasteiger partial charge in [-0.05, 0) is 45.7 Å². The molecule has 5 nitrogen and oxygen atoms in total. The number of carbonyl (C=O) groups excluding carboxylic acids is 2. The first kappa shape index (κ1) is 16.3. The largest absolute Gasteiger partial charge is 0.444 e. The molecule has 0 unspecified atom stereocenters. The summed E-state index contributed by atoms with van der Waals surface area (Å²) in [7, 11) is 0. The van der Waals surface area contributed by atoms with Gasteiger partial charge in [0.25, 0.3) is 5.91 Å². The Morgan fingerprint density at radius 1 is 1.14 bits per heavy atom. The van der Waals surface area contributed by atoms with Gasteiger partial charge in [-0.25, -0.2) is 4.79 Å². The average molecular weight is 304 g/mol. The maximum atomic E-state index is 12.1. The molecule has 0 radical (unpaired) electrons. The Morgan fingerprint density at radius 2 is 1.73 bits per heavy atom. The molecule has 0 atom stereocenters. The molecular formula is C17H24N2O3. The summed E-state index contributed by atoms with van der Waals surface area (Å²) in [5.74, 6) is -0.0590. The highest BCUT2D eigenvalue weighted by atomic mass is 16.6. The fourth-order valence-electron chi connectivity index (χ4n) is 2.39. The normalized spacial score (nSPS) is 16.2. The summed E-state index contributed by atoms with van der Waals surface area (Å²) < 4.78 is 5.36. The molecule has 0 aromatic heterocycles. The predicted octanol–water partition coefficient (Wildman–Crippen LogP) is 2.82. The quantitative estimate of drug-likeness (QED) is 0.914. The van der Waals surface area contributed by atoms with E-state index in [4.69, 9.17) is 4.74 Å². The molecular weight excluding hydrogens is 280 g/mol. The van der Waals surface area contributed by atoms with Crippen LogP contribution in [0.5, 0.6) is 0 Å². The maximum Gasteiger partial charge on any atom is 0.410 e. The van der Waals surface area contributed by atoms with Crippen molar-refractivity contribution in [1.29, 1.82) is 0 Å². The number of carbonyl (C=O) groups is 2. The van der Waals surface area contributed by atoms with Crippen LogP contribution >= 0.6 is 0 Å². The van der Waals surface area contributed by atoms with Crippen LogP contribution in [-0.4, -0.2) is 41.6 Å². The lowest BCUT2D eigenvalue weighted by molar-refractivity contribution is 0.0199. The summed E-state index contributed by atoms with van der Waals surface area (Å²) in [4.78, 5) is 25.8. The minimum absolute atomic E-state index is 0.0590. The molecule has 0 spiro atoms. The van der Waals surface area contributed by atoms with Crippen LogP contribution < -0.4 is 5.32 Å². The van der Waals surface area contributed by atoms with Crippen molar-refractivity contribution in [3.63, 3.8) is 0 Å². The highest BCUT2D eigenvalue weighted by molar-refractivity contribution is 5.94. The molecule has 0 bridgehead atoms. The van der Waals surface area contributed by atoms with Crippen molar-refractivity contribution in [2.75, 3.05) is 13.1 Å². The molecule has 22 heavy (non-hydrogen) atoms. The molecule has 2 amide bonds. The van der Waals surface area contributed by atoms with Crippen LogP contribution in [0.3, 0.4) is 0 Å². The molecule has 5 heteroatoms. The Balaban J connectivity index is 1.80. The first-order chi connectivity index (χ1) is 10.3. The molecule has 2 rings (SSSR count). The standard InChI is InChI=1S/C17H24N2O3/c1-17(2,3)22-16(21)19-11-9-14(10-12-19)18-15(20)13-7-5-4-6-8-13/h4-8,14H,9-12H2,1-3H3,(H,18,20). The van der Waals surface area contributed by atoms with Gasteiger partial charge in [0.15, 0.2) is 0 Å². The van der Waals surface area contributed by atoms with E-state index in [1.54, 1.807) is 17.0 Å². The second-order valence-corrected chi connectivity index (χ2v) is 6.58. The zero-order valence-electron chi connectivity index (χ0n) is 13.5. The SMILES string of the molecule is CC(C)(C)OC(=O)N1CCC(NC(=O)c2ccccc2)CC1. The lowest BCUT2D eigenvalue weighted by Gasteiger charge is -2.33. The molecule has 1 heterocycles. The second kappa shape index (κ2) is 6.81. The van der Waals surface area contributed by atoms with Gasteiger partial charge in [-0.2, -0.15) is 0 Å². The molecule has 1 fully saturated rings. The Morgan fingerprint density at radius 3 is 2.27 bits per heavy atom. The van der Waals surface area contributed by atoms with E-state index in [9.17, 15) is 9.59 Å². The van der Waals surface area contributed by atoms with E-state index >= 15 is 0 Å². The molecule has 0 saturated carbocycles. The number of hydrogen-bond acceptors (Lipinski definition) is 3. The average Bonchev–Trinajstić information content (AvgIpc) is 2.47. The molecule has 1 saturated heterocycles. The monoisotopic (exact) mass is 304 g/mol. The number of nitrogens with one attached hydrogen (secondary N) is 1. The third-order valence-corrected chi connectivity index (χ3v) is 3.52. The van der Waals surface area contributed by atoms with Crippen molar-refractivity contribution in [2.24, 2.45) is 0 Å². The molecule has 1 aliphatic heterocycles. The lowest BCUT2D eigenvalue weighted by Crippen LogP contribution is -2.47. The van der Waals surface area contributed by atoms with Crippen LogP contribution in [0.1, 0.15) is 44.0 Å². The van der Waals surface area contributed by atoms with E-state index in [-0.39, 0.29) is 18.0 Å². The maximum absolute atomic E-state index is 12.1. The number of hydrogen-bond donors (Lipinski definition) is 1. The van der Waals surface area contributed by atoms with Crippen molar-refractivity contribution in [1.82, 2.24) is 10.2 Å². The van der Waals surface area contributed by atoms with Gasteiger partial charge in [0, 0.05) is 24.7 Å². The molecule has 1 aromatic carbocycles. The summed E-state index contributed by atoms with van der Waals surface area (Å²) in [5, 5.41) is 3.03. The minimum Gasteiger partial charge on any atom is -0.444 e. The van der Waals surface area contributed by atoms with E-state index < -0.39 is 5.60 Å². The van der Waals surface area contributed by atoms with Crippen LogP contribution in [0.2, 0.25) is 0 Å². The second-order valence-electron chi connectivity index (χ2n) is 6.58. The van der Waals surface area contributed by atoms with Gasteiger partial charge in [0.05, 0.1) is 0 Å². The van der Waals surface area contributed by atoms with Gasteiger partial charge >= 0.3 is 6.09 Å². The van der Waals surface area contributed by atoms with Crippen LogP contribution in [0.4, 0.5) is 4.79 Å². The van der Waals surface area contributed by atoms with E-state index in [0.717, 1.165) is 12.8 Å². The Bertz CT molecular complexity index is 514. The third-order valence-electron chi connectivity index (χ3n) is 3.52. The minimum atomic E-state index is -0.477. The number of likely N-dealkylation sites (tertiary alicyclic amines) is 1. The van der Waals surface area contributed by atoms with Gasteiger partial charge < -0.3 is 15.0 Å². The smallest absolute Gasteiger partial charge is 0.410 e. The first-order valence-electron chi connectivity index (χ1n) is 7.69. The molecule has 120 valence electrons. The third kappa shape index (κ3) is 4.76. The summed E-state index contributed by atoms with van der Waals surface area (Å²) in [6.07, 6.45) is 1.22. The number of amides is 2. The van der Waals surface area contributed by atoms with Gasteiger partial charge in [0.1, 0.15) is 5.60 Å². The molecule has 1 aromatic rings. The van der Waals surface area contributed by atoms with E-state index in [0.29, 0.717) is 18.7 Å². The zero-order valence-corrected chi connectivity index (χ0v) is 13.5. The number of nitrogens with zero attached hydrogens (tertiary/aromatic N) is 1. The zero-order chi connectivity index (χ0) is 16.2. The highest BCUT2D eigenvalue weighted by Gasteiger charge is 2.27. The number of benzene rings is 1. The molecule has 1 aliphatic rings. The Kier molecular flexibility index (Phi) is 5.06. The summed E-state index contributed by atoms with van der Waals surface area (Å²) >= 11 is 0. The van der Waals surface area contributed by atoms with Crippen LogP contribution in [0.15, 0.2) is 30.3 Å². The van der Waals surface area contributed by atoms with Crippen LogP contribution in [-0.2, 0) is 4.74 Å². The molecule has 1 N–H and O–H groups in total. The highest BCUT2D eigenvalue weighted by Crippen LogP contribution is 2.15. The fraction of sp³-hybridized carbons (Fsp3) is 0.529. The van der Waals surface area contributed by atoms with E-state index in [1.807, 2.05) is 39.0 Å². The first-order valence-corrected chi connectivity index (χ1v) is 7.69. The number of rotatable bonds is 2. The van der Waals surface area contributed by atoms with Crippen molar-refractivity contribution in [3.8, 4) is 0 Å². The van der Waals surface area contributed by atoms with Gasteiger partial charge in [-0.3, -0.25) is 4.79 Å². The van der Waals surface area contributed by atoms with Crippen molar-refractivity contribution >= 4 is 12.0 Å².